The zero-order chi connectivity index (χ0) is 22.2. The summed E-state index contributed by atoms with van der Waals surface area (Å²) < 4.78 is 24.7. The van der Waals surface area contributed by atoms with Gasteiger partial charge in [-0.15, -0.1) is 0 Å². The topological polar surface area (TPSA) is 96.8 Å². The monoisotopic (exact) mass is 448 g/mol. The number of aliphatic hydroxyl groups is 1. The second-order valence-corrected chi connectivity index (χ2v) is 6.97. The average molecular weight is 449 g/mol. The van der Waals surface area contributed by atoms with Crippen LogP contribution in [0, 0.1) is 5.82 Å². The van der Waals surface area contributed by atoms with Crippen molar-refractivity contribution < 1.29 is 23.8 Å². The molecule has 3 aromatic rings. The van der Waals surface area contributed by atoms with Crippen LogP contribution in [0.25, 0.3) is 10.9 Å². The van der Waals surface area contributed by atoms with Crippen LogP contribution in [0.3, 0.4) is 0 Å². The van der Waals surface area contributed by atoms with Crippen LogP contribution in [0.1, 0.15) is 6.42 Å². The van der Waals surface area contributed by atoms with Gasteiger partial charge in [-0.2, -0.15) is 0 Å². The Morgan fingerprint density at radius 2 is 2.06 bits per heavy atom. The largest absolute Gasteiger partial charge is 0.493 e. The zero-order valence-electron chi connectivity index (χ0n) is 16.8. The van der Waals surface area contributed by atoms with Crippen molar-refractivity contribution in [3.63, 3.8) is 0 Å². The molecular formula is C21H22ClFN4O4. The summed E-state index contributed by atoms with van der Waals surface area (Å²) in [5, 5.41) is 12.7. The Morgan fingerprint density at radius 3 is 2.77 bits per heavy atom. The predicted octanol–water partition coefficient (Wildman–Crippen LogP) is 3.39. The number of rotatable bonds is 11. The fourth-order valence-electron chi connectivity index (χ4n) is 2.94. The summed E-state index contributed by atoms with van der Waals surface area (Å²) in [6.07, 6.45) is 2.68. The number of carbonyl (C=O) groups excluding carboxylic acids is 1. The SMILES string of the molecule is COc1cc2ncnc(Nc3ccc(F)c(Cl)c3)c2cc1OCCCN(C=O)CCO. The van der Waals surface area contributed by atoms with Gasteiger partial charge in [0, 0.05) is 30.2 Å². The van der Waals surface area contributed by atoms with Gasteiger partial charge in [-0.25, -0.2) is 14.4 Å². The van der Waals surface area contributed by atoms with Gasteiger partial charge in [0.1, 0.15) is 18.0 Å². The van der Waals surface area contributed by atoms with E-state index in [-0.39, 0.29) is 18.2 Å². The highest BCUT2D eigenvalue weighted by Crippen LogP contribution is 2.35. The zero-order valence-corrected chi connectivity index (χ0v) is 17.6. The number of methoxy groups -OCH3 is 1. The number of halogens is 2. The molecule has 1 amide bonds. The van der Waals surface area contributed by atoms with Gasteiger partial charge >= 0.3 is 0 Å². The van der Waals surface area contributed by atoms with Crippen molar-refractivity contribution in [2.75, 3.05) is 38.7 Å². The van der Waals surface area contributed by atoms with Crippen LogP contribution in [0.5, 0.6) is 11.5 Å². The molecule has 0 radical (unpaired) electrons. The van der Waals surface area contributed by atoms with Gasteiger partial charge < -0.3 is 24.8 Å². The summed E-state index contributed by atoms with van der Waals surface area (Å²) in [4.78, 5) is 21.0. The third-order valence-electron chi connectivity index (χ3n) is 4.49. The van der Waals surface area contributed by atoms with Gasteiger partial charge in [-0.05, 0) is 30.7 Å². The lowest BCUT2D eigenvalue weighted by Crippen LogP contribution is -2.27. The molecule has 0 aliphatic heterocycles. The molecule has 0 aliphatic carbocycles. The highest BCUT2D eigenvalue weighted by molar-refractivity contribution is 6.31. The third kappa shape index (κ3) is 5.71. The number of hydrogen-bond donors (Lipinski definition) is 2. The third-order valence-corrected chi connectivity index (χ3v) is 4.78. The first-order chi connectivity index (χ1) is 15.0. The Bertz CT molecular complexity index is 1050. The van der Waals surface area contributed by atoms with Crippen LogP contribution in [0.2, 0.25) is 5.02 Å². The van der Waals surface area contributed by atoms with Crippen LogP contribution in [0.15, 0.2) is 36.7 Å². The van der Waals surface area contributed by atoms with E-state index in [1.54, 1.807) is 18.2 Å². The predicted molar refractivity (Wildman–Crippen MR) is 116 cm³/mol. The molecule has 2 N–H and O–H groups in total. The first kappa shape index (κ1) is 22.5. The average Bonchev–Trinajstić information content (AvgIpc) is 2.78. The number of fused-ring (bicyclic) bond motifs is 1. The van der Waals surface area contributed by atoms with E-state index in [0.717, 1.165) is 0 Å². The molecule has 0 spiro atoms. The summed E-state index contributed by atoms with van der Waals surface area (Å²) in [6.45, 7) is 0.985. The summed E-state index contributed by atoms with van der Waals surface area (Å²) >= 11 is 5.86. The van der Waals surface area contributed by atoms with E-state index in [2.05, 4.69) is 15.3 Å². The summed E-state index contributed by atoms with van der Waals surface area (Å²) in [7, 11) is 1.53. The van der Waals surface area contributed by atoms with Crippen molar-refractivity contribution in [3.05, 3.63) is 47.5 Å². The van der Waals surface area contributed by atoms with Crippen molar-refractivity contribution in [2.24, 2.45) is 0 Å². The number of aromatic nitrogens is 2. The molecule has 1 heterocycles. The summed E-state index contributed by atoms with van der Waals surface area (Å²) in [5.74, 6) is 0.983. The Balaban J connectivity index is 1.80. The fourth-order valence-corrected chi connectivity index (χ4v) is 3.12. The Hall–Kier alpha value is -3.17. The molecule has 2 aromatic carbocycles. The first-order valence-electron chi connectivity index (χ1n) is 9.53. The smallest absolute Gasteiger partial charge is 0.209 e. The molecule has 0 saturated carbocycles. The Morgan fingerprint density at radius 1 is 1.23 bits per heavy atom. The van der Waals surface area contributed by atoms with Crippen molar-refractivity contribution in [3.8, 4) is 11.5 Å². The van der Waals surface area contributed by atoms with Crippen molar-refractivity contribution >= 4 is 40.4 Å². The maximum Gasteiger partial charge on any atom is 0.209 e. The van der Waals surface area contributed by atoms with Crippen LogP contribution < -0.4 is 14.8 Å². The molecule has 0 bridgehead atoms. The van der Waals surface area contributed by atoms with Crippen LogP contribution in [-0.2, 0) is 4.79 Å². The van der Waals surface area contributed by atoms with Crippen LogP contribution in [0.4, 0.5) is 15.9 Å². The fraction of sp³-hybridized carbons (Fsp3) is 0.286. The van der Waals surface area contributed by atoms with Gasteiger partial charge in [-0.3, -0.25) is 4.79 Å². The lowest BCUT2D eigenvalue weighted by Gasteiger charge is -2.17. The molecule has 8 nitrogen and oxygen atoms in total. The number of nitrogens with one attached hydrogen (secondary N) is 1. The van der Waals surface area contributed by atoms with Crippen molar-refractivity contribution in [1.29, 1.82) is 0 Å². The highest BCUT2D eigenvalue weighted by Gasteiger charge is 2.13. The number of anilines is 2. The molecular weight excluding hydrogens is 427 g/mol. The molecule has 10 heteroatoms. The minimum atomic E-state index is -0.507. The lowest BCUT2D eigenvalue weighted by atomic mass is 10.2. The van der Waals surface area contributed by atoms with Gasteiger partial charge in [0.15, 0.2) is 11.5 Å². The van der Waals surface area contributed by atoms with E-state index in [0.29, 0.717) is 59.9 Å². The molecule has 3 rings (SSSR count). The highest BCUT2D eigenvalue weighted by atomic mass is 35.5. The second-order valence-electron chi connectivity index (χ2n) is 6.56. The molecule has 31 heavy (non-hydrogen) atoms. The van der Waals surface area contributed by atoms with E-state index in [1.807, 2.05) is 0 Å². The van der Waals surface area contributed by atoms with Crippen LogP contribution >= 0.6 is 11.6 Å². The van der Waals surface area contributed by atoms with Gasteiger partial charge in [-0.1, -0.05) is 11.6 Å². The normalized spacial score (nSPS) is 10.7. The number of benzene rings is 2. The minimum absolute atomic E-state index is 0.000353. The molecule has 1 aromatic heterocycles. The standard InChI is InChI=1S/C21H22ClFN4O4/c1-30-19-11-18-15(10-20(19)31-8-2-5-27(13-29)6-7-28)21(25-12-24-18)26-14-3-4-17(23)16(22)9-14/h3-4,9-13,28H,2,5-8H2,1H3,(H,24,25,26). The molecule has 0 unspecified atom stereocenters. The number of hydrogen-bond acceptors (Lipinski definition) is 7. The summed E-state index contributed by atoms with van der Waals surface area (Å²) in [6, 6.07) is 7.79. The first-order valence-corrected chi connectivity index (χ1v) is 9.91. The van der Waals surface area contributed by atoms with E-state index in [1.165, 1.54) is 30.5 Å². The van der Waals surface area contributed by atoms with Crippen LogP contribution in [-0.4, -0.2) is 59.8 Å². The molecule has 164 valence electrons. The van der Waals surface area contributed by atoms with Crippen molar-refractivity contribution in [1.82, 2.24) is 14.9 Å². The number of amides is 1. The number of ether oxygens (including phenoxy) is 2. The van der Waals surface area contributed by atoms with E-state index < -0.39 is 5.82 Å². The molecule has 0 saturated heterocycles. The number of nitrogens with zero attached hydrogens (tertiary/aromatic N) is 3. The maximum absolute atomic E-state index is 13.4. The molecule has 0 aliphatic rings. The number of carbonyl (C=O) groups is 1. The summed E-state index contributed by atoms with van der Waals surface area (Å²) in [5.41, 5.74) is 1.20. The number of aliphatic hydroxyl groups excluding tert-OH is 1. The lowest BCUT2D eigenvalue weighted by molar-refractivity contribution is -0.118. The Kier molecular flexibility index (Phi) is 7.80. The van der Waals surface area contributed by atoms with E-state index in [9.17, 15) is 9.18 Å². The van der Waals surface area contributed by atoms with Crippen molar-refractivity contribution in [2.45, 2.75) is 6.42 Å². The van der Waals surface area contributed by atoms with Gasteiger partial charge in [0.2, 0.25) is 6.41 Å². The van der Waals surface area contributed by atoms with E-state index >= 15 is 0 Å². The van der Waals surface area contributed by atoms with Gasteiger partial charge in [0.25, 0.3) is 0 Å². The van der Waals surface area contributed by atoms with Gasteiger partial charge in [0.05, 0.1) is 30.9 Å². The second kappa shape index (κ2) is 10.7. The quantitative estimate of drug-likeness (QED) is 0.343. The maximum atomic E-state index is 13.4. The Labute approximate surface area is 183 Å². The minimum Gasteiger partial charge on any atom is -0.493 e. The molecule has 0 atom stereocenters. The molecule has 0 fully saturated rings. The van der Waals surface area contributed by atoms with E-state index in [4.69, 9.17) is 26.2 Å².